The van der Waals surface area contributed by atoms with Crippen molar-refractivity contribution in [3.05, 3.63) is 82.6 Å². The van der Waals surface area contributed by atoms with Crippen LogP contribution in [0.5, 0.6) is 0 Å². The van der Waals surface area contributed by atoms with Crippen molar-refractivity contribution in [3.63, 3.8) is 0 Å². The number of aryl methyl sites for hydroxylation is 2. The third-order valence-electron chi connectivity index (χ3n) is 5.07. The molecular formula is C25H20F6N2O4. The molecule has 0 aliphatic carbocycles. The van der Waals surface area contributed by atoms with Crippen molar-refractivity contribution in [1.29, 1.82) is 0 Å². The summed E-state index contributed by atoms with van der Waals surface area (Å²) in [6, 6.07) is 8.91. The standard InChI is InChI=1S/C13H12F3NO2.C12H8F3NO2/c1-7-11(8(2)18)19-12(17-7)9-3-5-10(6-4-9)13(14,15)16;1-7-10(6-17)18-11(16-7)8-2-4-9(5-3-8)12(13,14)15/h3-6,8,18H,1-2H3;2-6H,1H3. The van der Waals surface area contributed by atoms with Gasteiger partial charge in [0.05, 0.1) is 22.5 Å². The minimum Gasteiger partial charge on any atom is -0.438 e. The Bertz CT molecular complexity index is 1350. The molecule has 0 saturated carbocycles. The van der Waals surface area contributed by atoms with Crippen LogP contribution in [0.3, 0.4) is 0 Å². The second-order valence-corrected chi connectivity index (χ2v) is 7.88. The number of halogens is 6. The van der Waals surface area contributed by atoms with Gasteiger partial charge in [-0.1, -0.05) is 0 Å². The molecule has 4 aromatic rings. The molecule has 12 heteroatoms. The van der Waals surface area contributed by atoms with Crippen LogP contribution >= 0.6 is 0 Å². The van der Waals surface area contributed by atoms with Crippen molar-refractivity contribution >= 4 is 6.29 Å². The number of aliphatic hydroxyl groups is 1. The molecule has 0 aliphatic rings. The Morgan fingerprint density at radius 3 is 1.49 bits per heavy atom. The number of carbonyl (C=O) groups excluding carboxylic acids is 1. The summed E-state index contributed by atoms with van der Waals surface area (Å²) in [5.41, 5.74) is 0.271. The van der Waals surface area contributed by atoms with Crippen LogP contribution in [-0.4, -0.2) is 21.4 Å². The smallest absolute Gasteiger partial charge is 0.416 e. The first-order valence-corrected chi connectivity index (χ1v) is 10.6. The third kappa shape index (κ3) is 6.64. The monoisotopic (exact) mass is 526 g/mol. The zero-order valence-electron chi connectivity index (χ0n) is 19.6. The zero-order chi connectivity index (χ0) is 27.5. The van der Waals surface area contributed by atoms with Gasteiger partial charge in [0.1, 0.15) is 6.10 Å². The first-order chi connectivity index (χ1) is 17.2. The minimum absolute atomic E-state index is 0.0740. The highest BCUT2D eigenvalue weighted by atomic mass is 19.4. The molecule has 2 aromatic carbocycles. The second-order valence-electron chi connectivity index (χ2n) is 7.88. The van der Waals surface area contributed by atoms with Gasteiger partial charge in [-0.3, -0.25) is 4.79 Å². The van der Waals surface area contributed by atoms with E-state index in [4.69, 9.17) is 8.83 Å². The average molecular weight is 526 g/mol. The molecule has 1 unspecified atom stereocenters. The van der Waals surface area contributed by atoms with Gasteiger partial charge in [-0.25, -0.2) is 9.97 Å². The first kappa shape index (κ1) is 27.7. The molecule has 4 rings (SSSR count). The van der Waals surface area contributed by atoms with Crippen LogP contribution in [0.1, 0.15) is 51.9 Å². The minimum atomic E-state index is -4.38. The summed E-state index contributed by atoms with van der Waals surface area (Å²) in [5, 5.41) is 9.43. The molecule has 0 bridgehead atoms. The van der Waals surface area contributed by atoms with E-state index in [9.17, 15) is 36.2 Å². The summed E-state index contributed by atoms with van der Waals surface area (Å²) in [7, 11) is 0. The van der Waals surface area contributed by atoms with Crippen LogP contribution in [0.4, 0.5) is 26.3 Å². The number of oxazole rings is 2. The first-order valence-electron chi connectivity index (χ1n) is 10.6. The van der Waals surface area contributed by atoms with Crippen molar-refractivity contribution < 1.29 is 45.1 Å². The van der Waals surface area contributed by atoms with Crippen LogP contribution in [0.15, 0.2) is 57.4 Å². The van der Waals surface area contributed by atoms with Crippen LogP contribution in [0, 0.1) is 13.8 Å². The van der Waals surface area contributed by atoms with E-state index < -0.39 is 29.6 Å². The Morgan fingerprint density at radius 1 is 0.757 bits per heavy atom. The number of hydrogen-bond acceptors (Lipinski definition) is 6. The topological polar surface area (TPSA) is 89.4 Å². The van der Waals surface area contributed by atoms with Crippen molar-refractivity contribution in [2.45, 2.75) is 39.2 Å². The molecule has 0 fully saturated rings. The Morgan fingerprint density at radius 2 is 1.16 bits per heavy atom. The SMILES string of the molecule is Cc1nc(-c2ccc(C(F)(F)F)cc2)oc1C(C)O.Cc1nc(-c2ccc(C(F)(F)F)cc2)oc1C=O. The Hall–Kier alpha value is -3.93. The molecule has 196 valence electrons. The third-order valence-corrected chi connectivity index (χ3v) is 5.07. The number of hydrogen-bond donors (Lipinski definition) is 1. The van der Waals surface area contributed by atoms with Gasteiger partial charge in [-0.15, -0.1) is 0 Å². The Balaban J connectivity index is 0.000000206. The molecular weight excluding hydrogens is 506 g/mol. The molecule has 2 heterocycles. The summed E-state index contributed by atoms with van der Waals surface area (Å²) in [4.78, 5) is 18.6. The van der Waals surface area contributed by atoms with Crippen molar-refractivity contribution in [1.82, 2.24) is 9.97 Å². The summed E-state index contributed by atoms with van der Waals surface area (Å²) >= 11 is 0. The van der Waals surface area contributed by atoms with Gasteiger partial charge in [-0.05, 0) is 69.3 Å². The fourth-order valence-electron chi connectivity index (χ4n) is 3.16. The van der Waals surface area contributed by atoms with E-state index in [-0.39, 0.29) is 17.5 Å². The van der Waals surface area contributed by atoms with E-state index >= 15 is 0 Å². The maximum Gasteiger partial charge on any atom is 0.416 e. The molecule has 1 atom stereocenters. The lowest BCUT2D eigenvalue weighted by molar-refractivity contribution is -0.138. The van der Waals surface area contributed by atoms with E-state index in [0.717, 1.165) is 24.3 Å². The molecule has 6 nitrogen and oxygen atoms in total. The van der Waals surface area contributed by atoms with E-state index in [1.807, 2.05) is 0 Å². The van der Waals surface area contributed by atoms with Gasteiger partial charge in [0.15, 0.2) is 17.8 Å². The molecule has 0 saturated heterocycles. The van der Waals surface area contributed by atoms with Gasteiger partial charge < -0.3 is 13.9 Å². The zero-order valence-corrected chi connectivity index (χ0v) is 19.6. The van der Waals surface area contributed by atoms with E-state index in [1.165, 1.54) is 31.2 Å². The molecule has 37 heavy (non-hydrogen) atoms. The lowest BCUT2D eigenvalue weighted by Crippen LogP contribution is -2.03. The predicted octanol–water partition coefficient (Wildman–Crippen LogP) is 7.20. The van der Waals surface area contributed by atoms with Crippen LogP contribution < -0.4 is 0 Å². The summed E-state index contributed by atoms with van der Waals surface area (Å²) < 4.78 is 84.8. The molecule has 0 spiro atoms. The summed E-state index contributed by atoms with van der Waals surface area (Å²) in [5.74, 6) is 0.713. The van der Waals surface area contributed by atoms with E-state index in [1.54, 1.807) is 13.8 Å². The summed E-state index contributed by atoms with van der Waals surface area (Å²) in [6.07, 6.45) is -9.04. The highest BCUT2D eigenvalue weighted by Crippen LogP contribution is 2.32. The number of rotatable bonds is 4. The van der Waals surface area contributed by atoms with Crippen molar-refractivity contribution in [3.8, 4) is 22.9 Å². The number of alkyl halides is 6. The largest absolute Gasteiger partial charge is 0.438 e. The van der Waals surface area contributed by atoms with Crippen LogP contribution in [0.25, 0.3) is 22.9 Å². The number of aldehydes is 1. The molecule has 0 amide bonds. The maximum atomic E-state index is 12.4. The molecule has 1 N–H and O–H groups in total. The maximum absolute atomic E-state index is 12.4. The molecule has 0 aliphatic heterocycles. The lowest BCUT2D eigenvalue weighted by atomic mass is 10.1. The summed E-state index contributed by atoms with van der Waals surface area (Å²) in [6.45, 7) is 4.78. The highest BCUT2D eigenvalue weighted by molar-refractivity contribution is 5.73. The van der Waals surface area contributed by atoms with Gasteiger partial charge in [-0.2, -0.15) is 26.3 Å². The van der Waals surface area contributed by atoms with E-state index in [0.29, 0.717) is 34.6 Å². The van der Waals surface area contributed by atoms with Crippen molar-refractivity contribution in [2.24, 2.45) is 0 Å². The van der Waals surface area contributed by atoms with Crippen LogP contribution in [0.2, 0.25) is 0 Å². The quantitative estimate of drug-likeness (QED) is 0.223. The highest BCUT2D eigenvalue weighted by Gasteiger charge is 2.31. The van der Waals surface area contributed by atoms with Gasteiger partial charge in [0.25, 0.3) is 0 Å². The normalized spacial score (nSPS) is 12.6. The van der Waals surface area contributed by atoms with E-state index in [2.05, 4.69) is 9.97 Å². The van der Waals surface area contributed by atoms with Gasteiger partial charge in [0.2, 0.25) is 11.8 Å². The number of aliphatic hydroxyl groups excluding tert-OH is 1. The predicted molar refractivity (Wildman–Crippen MR) is 119 cm³/mol. The Kier molecular flexibility index (Phi) is 7.91. The molecule has 0 radical (unpaired) electrons. The number of aromatic nitrogens is 2. The fourth-order valence-corrected chi connectivity index (χ4v) is 3.16. The van der Waals surface area contributed by atoms with Crippen LogP contribution in [-0.2, 0) is 12.4 Å². The fraction of sp³-hybridized carbons (Fsp3) is 0.240. The second kappa shape index (κ2) is 10.6. The Labute approximate surface area is 206 Å². The number of nitrogens with zero attached hydrogens (tertiary/aromatic N) is 2. The van der Waals surface area contributed by atoms with Crippen molar-refractivity contribution in [2.75, 3.05) is 0 Å². The van der Waals surface area contributed by atoms with Gasteiger partial charge in [0, 0.05) is 11.1 Å². The number of benzene rings is 2. The number of carbonyl (C=O) groups is 1. The van der Waals surface area contributed by atoms with Gasteiger partial charge >= 0.3 is 12.4 Å². The average Bonchev–Trinajstić information content (AvgIpc) is 3.41. The lowest BCUT2D eigenvalue weighted by Gasteiger charge is -2.06. The molecule has 2 aromatic heterocycles.